The van der Waals surface area contributed by atoms with Crippen molar-refractivity contribution in [3.63, 3.8) is 0 Å². The second-order valence-electron chi connectivity index (χ2n) is 2.55. The molecular weight excluding hydrogens is 251 g/mol. The second kappa shape index (κ2) is 3.52. The van der Waals surface area contributed by atoms with Gasteiger partial charge < -0.3 is 4.57 Å². The van der Waals surface area contributed by atoms with Crippen LogP contribution in [-0.2, 0) is 0 Å². The van der Waals surface area contributed by atoms with Crippen LogP contribution in [0, 0.1) is 0 Å². The zero-order chi connectivity index (χ0) is 9.26. The fourth-order valence-corrected chi connectivity index (χ4v) is 1.63. The van der Waals surface area contributed by atoms with Gasteiger partial charge in [-0.1, -0.05) is 11.6 Å². The Morgan fingerprint density at radius 2 is 2.23 bits per heavy atom. The maximum Gasteiger partial charge on any atom is 0.155 e. The minimum Gasteiger partial charge on any atom is -0.306 e. The summed E-state index contributed by atoms with van der Waals surface area (Å²) in [6, 6.07) is 5.56. The van der Waals surface area contributed by atoms with Gasteiger partial charge in [-0.3, -0.25) is 0 Å². The van der Waals surface area contributed by atoms with E-state index in [9.17, 15) is 0 Å². The first-order chi connectivity index (χ1) is 6.27. The minimum absolute atomic E-state index is 0.644. The molecule has 0 bridgehead atoms. The summed E-state index contributed by atoms with van der Waals surface area (Å²) in [5, 5.41) is 0.644. The molecule has 0 unspecified atom stereocenters. The fourth-order valence-electron chi connectivity index (χ4n) is 1.07. The van der Waals surface area contributed by atoms with E-state index in [1.807, 2.05) is 35.2 Å². The molecule has 66 valence electrons. The minimum atomic E-state index is 0.644. The molecule has 0 saturated carbocycles. The smallest absolute Gasteiger partial charge is 0.155 e. The van der Waals surface area contributed by atoms with Gasteiger partial charge in [-0.2, -0.15) is 0 Å². The summed E-state index contributed by atoms with van der Waals surface area (Å²) in [6.07, 6.45) is 5.53. The third kappa shape index (κ3) is 1.76. The number of hydrogen-bond acceptors (Lipinski definition) is 1. The molecule has 0 spiro atoms. The predicted molar refractivity (Wildman–Crippen MR) is 56.3 cm³/mol. The molecule has 2 heterocycles. The number of aromatic nitrogens is 2. The van der Waals surface area contributed by atoms with Gasteiger partial charge in [-0.25, -0.2) is 4.98 Å². The van der Waals surface area contributed by atoms with E-state index in [0.29, 0.717) is 5.02 Å². The highest BCUT2D eigenvalue weighted by Gasteiger charge is 2.02. The van der Waals surface area contributed by atoms with E-state index in [1.165, 1.54) is 0 Å². The average molecular weight is 258 g/mol. The van der Waals surface area contributed by atoms with E-state index in [0.717, 1.165) is 10.3 Å². The molecule has 0 fully saturated rings. The van der Waals surface area contributed by atoms with Crippen LogP contribution in [0.3, 0.4) is 0 Å². The van der Waals surface area contributed by atoms with Crippen LogP contribution in [0.2, 0.25) is 5.02 Å². The second-order valence-corrected chi connectivity index (χ2v) is 3.87. The maximum absolute atomic E-state index is 5.97. The standard InChI is InChI=1S/C9H6BrClN2/c10-7-3-5-13(6-7)9-8(11)2-1-4-12-9/h1-6H. The molecule has 2 rings (SSSR count). The number of hydrogen-bond donors (Lipinski definition) is 0. The molecule has 0 aliphatic rings. The molecule has 0 amide bonds. The van der Waals surface area contributed by atoms with Crippen LogP contribution in [0.15, 0.2) is 41.3 Å². The molecule has 4 heteroatoms. The SMILES string of the molecule is Clc1cccnc1-n1ccc(Br)c1. The lowest BCUT2D eigenvalue weighted by molar-refractivity contribution is 1.01. The van der Waals surface area contributed by atoms with Crippen LogP contribution in [0.5, 0.6) is 0 Å². The van der Waals surface area contributed by atoms with Gasteiger partial charge in [0.05, 0.1) is 5.02 Å². The van der Waals surface area contributed by atoms with Gasteiger partial charge >= 0.3 is 0 Å². The molecule has 0 N–H and O–H groups in total. The molecule has 0 aromatic carbocycles. The van der Waals surface area contributed by atoms with Crippen molar-refractivity contribution in [3.8, 4) is 5.82 Å². The Morgan fingerprint density at radius 1 is 1.38 bits per heavy atom. The van der Waals surface area contributed by atoms with Crippen LogP contribution >= 0.6 is 27.5 Å². The number of rotatable bonds is 1. The third-order valence-corrected chi connectivity index (χ3v) is 2.40. The molecule has 2 aromatic heterocycles. The van der Waals surface area contributed by atoms with E-state index in [4.69, 9.17) is 11.6 Å². The van der Waals surface area contributed by atoms with Crippen molar-refractivity contribution in [1.29, 1.82) is 0 Å². The summed E-state index contributed by atoms with van der Waals surface area (Å²) in [5.41, 5.74) is 0. The zero-order valence-corrected chi connectivity index (χ0v) is 8.96. The highest BCUT2D eigenvalue weighted by Crippen LogP contribution is 2.19. The lowest BCUT2D eigenvalue weighted by atomic mass is 10.4. The first-order valence-corrected chi connectivity index (χ1v) is 4.89. The van der Waals surface area contributed by atoms with Gasteiger partial charge in [0.2, 0.25) is 0 Å². The largest absolute Gasteiger partial charge is 0.306 e. The quantitative estimate of drug-likeness (QED) is 0.766. The zero-order valence-electron chi connectivity index (χ0n) is 6.61. The van der Waals surface area contributed by atoms with Crippen LogP contribution in [-0.4, -0.2) is 9.55 Å². The van der Waals surface area contributed by atoms with Crippen molar-refractivity contribution in [2.45, 2.75) is 0 Å². The molecule has 2 aromatic rings. The first-order valence-electron chi connectivity index (χ1n) is 3.72. The monoisotopic (exact) mass is 256 g/mol. The summed E-state index contributed by atoms with van der Waals surface area (Å²) < 4.78 is 2.88. The Balaban J connectivity index is 2.52. The Kier molecular flexibility index (Phi) is 2.38. The molecular formula is C9H6BrClN2. The van der Waals surface area contributed by atoms with Crippen LogP contribution in [0.4, 0.5) is 0 Å². The Bertz CT molecular complexity index is 425. The van der Waals surface area contributed by atoms with Gasteiger partial charge in [0.1, 0.15) is 0 Å². The van der Waals surface area contributed by atoms with Crippen LogP contribution in [0.1, 0.15) is 0 Å². The number of pyridine rings is 1. The van der Waals surface area contributed by atoms with Gasteiger partial charge in [-0.15, -0.1) is 0 Å². The molecule has 0 radical (unpaired) electrons. The Labute approximate surface area is 89.3 Å². The first kappa shape index (κ1) is 8.78. The molecule has 13 heavy (non-hydrogen) atoms. The van der Waals surface area contributed by atoms with Crippen molar-refractivity contribution < 1.29 is 0 Å². The lowest BCUT2D eigenvalue weighted by Crippen LogP contribution is -1.93. The van der Waals surface area contributed by atoms with E-state index < -0.39 is 0 Å². The van der Waals surface area contributed by atoms with Crippen LogP contribution in [0.25, 0.3) is 5.82 Å². The molecule has 0 aliphatic heterocycles. The summed E-state index contributed by atoms with van der Waals surface area (Å²) in [5.74, 6) is 0.745. The Morgan fingerprint density at radius 3 is 2.85 bits per heavy atom. The van der Waals surface area contributed by atoms with Crippen molar-refractivity contribution in [1.82, 2.24) is 9.55 Å². The average Bonchev–Trinajstić information content (AvgIpc) is 2.53. The van der Waals surface area contributed by atoms with Gasteiger partial charge in [-0.05, 0) is 34.1 Å². The van der Waals surface area contributed by atoms with Gasteiger partial charge in [0, 0.05) is 23.1 Å². The van der Waals surface area contributed by atoms with E-state index in [-0.39, 0.29) is 0 Å². The highest BCUT2D eigenvalue weighted by molar-refractivity contribution is 9.10. The Hall–Kier alpha value is -0.800. The van der Waals surface area contributed by atoms with E-state index in [2.05, 4.69) is 20.9 Å². The topological polar surface area (TPSA) is 17.8 Å². The normalized spacial score (nSPS) is 10.3. The third-order valence-electron chi connectivity index (χ3n) is 1.64. The molecule has 0 atom stereocenters. The van der Waals surface area contributed by atoms with Gasteiger partial charge in [0.25, 0.3) is 0 Å². The fraction of sp³-hybridized carbons (Fsp3) is 0. The molecule has 2 nitrogen and oxygen atoms in total. The van der Waals surface area contributed by atoms with Crippen molar-refractivity contribution in [2.75, 3.05) is 0 Å². The van der Waals surface area contributed by atoms with Crippen LogP contribution < -0.4 is 0 Å². The van der Waals surface area contributed by atoms with Crippen molar-refractivity contribution >= 4 is 27.5 Å². The van der Waals surface area contributed by atoms with Gasteiger partial charge in [0.15, 0.2) is 5.82 Å². The van der Waals surface area contributed by atoms with E-state index in [1.54, 1.807) is 6.20 Å². The lowest BCUT2D eigenvalue weighted by Gasteiger charge is -2.02. The summed E-state index contributed by atoms with van der Waals surface area (Å²) >= 11 is 9.33. The molecule has 0 saturated heterocycles. The summed E-state index contributed by atoms with van der Waals surface area (Å²) in [7, 11) is 0. The van der Waals surface area contributed by atoms with E-state index >= 15 is 0 Å². The summed E-state index contributed by atoms with van der Waals surface area (Å²) in [6.45, 7) is 0. The molecule has 0 aliphatic carbocycles. The van der Waals surface area contributed by atoms with Crippen molar-refractivity contribution in [2.24, 2.45) is 0 Å². The predicted octanol–water partition coefficient (Wildman–Crippen LogP) is 3.29. The highest BCUT2D eigenvalue weighted by atomic mass is 79.9. The van der Waals surface area contributed by atoms with Crippen molar-refractivity contribution in [3.05, 3.63) is 46.3 Å². The maximum atomic E-state index is 5.97. The summed E-state index contributed by atoms with van der Waals surface area (Å²) in [4.78, 5) is 4.17. The number of nitrogens with zero attached hydrogens (tertiary/aromatic N) is 2. The number of halogens is 2.